The second-order valence-electron chi connectivity index (χ2n) is 13.9. The number of aliphatic hydroxyl groups is 2. The Balaban J connectivity index is 1.30. The molecule has 37 heavy (non-hydrogen) atoms. The van der Waals surface area contributed by atoms with Crippen LogP contribution >= 0.6 is 0 Å². The Morgan fingerprint density at radius 3 is 2.32 bits per heavy atom. The summed E-state index contributed by atoms with van der Waals surface area (Å²) >= 11 is 0. The molecule has 4 aliphatic carbocycles. The molecule has 4 fully saturated rings. The van der Waals surface area contributed by atoms with Crippen LogP contribution in [-0.4, -0.2) is 36.6 Å². The predicted molar refractivity (Wildman–Crippen MR) is 149 cm³/mol. The molecular formula is C32H50O4S. The highest BCUT2D eigenvalue weighted by Crippen LogP contribution is 2.69. The van der Waals surface area contributed by atoms with E-state index < -0.39 is 9.84 Å². The average Bonchev–Trinajstić information content (AvgIpc) is 3.23. The molecule has 1 unspecified atom stereocenters. The third-order valence-electron chi connectivity index (χ3n) is 12.3. The van der Waals surface area contributed by atoms with Crippen LogP contribution in [0.25, 0.3) is 0 Å². The smallest absolute Gasteiger partial charge is 0.178 e. The van der Waals surface area contributed by atoms with Crippen molar-refractivity contribution >= 4 is 9.84 Å². The zero-order valence-corrected chi connectivity index (χ0v) is 24.3. The third-order valence-corrected chi connectivity index (χ3v) is 14.1. The van der Waals surface area contributed by atoms with Gasteiger partial charge in [0.2, 0.25) is 0 Å². The number of sulfone groups is 1. The Hall–Kier alpha value is -0.910. The monoisotopic (exact) mass is 530 g/mol. The number of fused-ring (bicyclic) bond motifs is 5. The lowest BCUT2D eigenvalue weighted by atomic mass is 9.41. The van der Waals surface area contributed by atoms with Crippen molar-refractivity contribution < 1.29 is 18.6 Å². The molecular weight excluding hydrogens is 480 g/mol. The second-order valence-corrected chi connectivity index (χ2v) is 16.0. The summed E-state index contributed by atoms with van der Waals surface area (Å²) in [5.41, 5.74) is 0.468. The van der Waals surface area contributed by atoms with Crippen LogP contribution in [0.5, 0.6) is 0 Å². The van der Waals surface area contributed by atoms with Crippen molar-refractivity contribution in [2.24, 2.45) is 52.3 Å². The Bertz CT molecular complexity index is 1040. The molecule has 5 heteroatoms. The highest BCUT2D eigenvalue weighted by atomic mass is 32.2. The summed E-state index contributed by atoms with van der Waals surface area (Å²) in [5, 5.41) is 22.4. The van der Waals surface area contributed by atoms with Gasteiger partial charge in [0.1, 0.15) is 0 Å². The van der Waals surface area contributed by atoms with Crippen LogP contribution in [0, 0.1) is 52.3 Å². The van der Waals surface area contributed by atoms with E-state index in [2.05, 4.69) is 27.7 Å². The highest BCUT2D eigenvalue weighted by Gasteiger charge is 2.64. The Morgan fingerprint density at radius 1 is 0.946 bits per heavy atom. The van der Waals surface area contributed by atoms with Gasteiger partial charge < -0.3 is 10.2 Å². The van der Waals surface area contributed by atoms with E-state index in [-0.39, 0.29) is 28.8 Å². The molecule has 208 valence electrons. The molecule has 4 nitrogen and oxygen atoms in total. The Morgan fingerprint density at radius 2 is 1.62 bits per heavy atom. The van der Waals surface area contributed by atoms with Crippen molar-refractivity contribution in [3.8, 4) is 0 Å². The zero-order valence-electron chi connectivity index (χ0n) is 23.5. The van der Waals surface area contributed by atoms with Crippen molar-refractivity contribution in [2.45, 2.75) is 109 Å². The minimum atomic E-state index is -3.22. The van der Waals surface area contributed by atoms with E-state index in [0.29, 0.717) is 52.7 Å². The lowest BCUT2D eigenvalue weighted by molar-refractivity contribution is -0.203. The molecule has 0 saturated heterocycles. The summed E-state index contributed by atoms with van der Waals surface area (Å²) in [6.45, 7) is 9.60. The van der Waals surface area contributed by atoms with Crippen molar-refractivity contribution in [1.82, 2.24) is 0 Å². The molecule has 4 saturated carbocycles. The first kappa shape index (κ1) is 27.6. The summed E-state index contributed by atoms with van der Waals surface area (Å²) in [5.74, 6) is 3.54. The largest absolute Gasteiger partial charge is 0.393 e. The van der Waals surface area contributed by atoms with Crippen LogP contribution < -0.4 is 0 Å². The van der Waals surface area contributed by atoms with Gasteiger partial charge in [0, 0.05) is 0 Å². The molecule has 1 aromatic carbocycles. The van der Waals surface area contributed by atoms with Crippen molar-refractivity contribution in [3.05, 3.63) is 30.3 Å². The van der Waals surface area contributed by atoms with Crippen molar-refractivity contribution in [3.63, 3.8) is 0 Å². The fraction of sp³-hybridized carbons (Fsp3) is 0.812. The van der Waals surface area contributed by atoms with Gasteiger partial charge in [-0.2, -0.15) is 0 Å². The number of hydrogen-bond acceptors (Lipinski definition) is 4. The molecule has 1 aromatic rings. The van der Waals surface area contributed by atoms with Crippen molar-refractivity contribution in [2.75, 3.05) is 5.75 Å². The summed E-state index contributed by atoms with van der Waals surface area (Å²) < 4.78 is 25.6. The molecule has 0 amide bonds. The maximum Gasteiger partial charge on any atom is 0.178 e. The van der Waals surface area contributed by atoms with Gasteiger partial charge in [0.25, 0.3) is 0 Å². The molecule has 2 N–H and O–H groups in total. The van der Waals surface area contributed by atoms with Crippen LogP contribution in [0.15, 0.2) is 35.2 Å². The third kappa shape index (κ3) is 4.63. The molecule has 0 spiro atoms. The van der Waals surface area contributed by atoms with E-state index in [1.807, 2.05) is 6.07 Å². The van der Waals surface area contributed by atoms with E-state index in [4.69, 9.17) is 0 Å². The minimum Gasteiger partial charge on any atom is -0.393 e. The van der Waals surface area contributed by atoms with E-state index in [0.717, 1.165) is 32.1 Å². The SMILES string of the molecule is CC[C@H]1[C@@H](O)[C@@H]2[C@H](CC[C@]3(C)C([C@H](C)CCCS(=O)(=O)c4ccccc4)CC[C@@H]23)[C@@]2(C)CC[C@@H](O)C[C@@H]12. The fourth-order valence-electron chi connectivity index (χ4n) is 10.5. The molecule has 11 atom stereocenters. The fourth-order valence-corrected chi connectivity index (χ4v) is 11.8. The first-order chi connectivity index (χ1) is 17.5. The maximum absolute atomic E-state index is 12.8. The number of rotatable bonds is 7. The highest BCUT2D eigenvalue weighted by molar-refractivity contribution is 7.91. The standard InChI is InChI=1S/C32H50O4S/c1-5-24-28-20-22(33)15-17-32(28,4)27-16-18-31(3)25(13-14-26(31)29(27)30(24)34)21(2)10-9-19-37(35,36)23-11-7-6-8-12-23/h6-8,11-12,21-22,24-30,33-34H,5,9-10,13-20H2,1-4H3/t21-,22-,24-,25?,26+,27+,28+,29+,30-,31-,32-/m1/s1. The van der Waals surface area contributed by atoms with E-state index in [1.165, 1.54) is 25.7 Å². The summed E-state index contributed by atoms with van der Waals surface area (Å²) in [7, 11) is -3.22. The van der Waals surface area contributed by atoms with Gasteiger partial charge >= 0.3 is 0 Å². The summed E-state index contributed by atoms with van der Waals surface area (Å²) in [6.07, 6.45) is 9.91. The minimum absolute atomic E-state index is 0.202. The van der Waals surface area contributed by atoms with Gasteiger partial charge in [0.15, 0.2) is 9.84 Å². The Kier molecular flexibility index (Phi) is 7.66. The van der Waals surface area contributed by atoms with Gasteiger partial charge in [-0.1, -0.05) is 52.3 Å². The van der Waals surface area contributed by atoms with Gasteiger partial charge in [-0.15, -0.1) is 0 Å². The normalized spacial score (nSPS) is 44.5. The first-order valence-corrected chi connectivity index (χ1v) is 16.8. The molecule has 0 radical (unpaired) electrons. The zero-order chi connectivity index (χ0) is 26.6. The molecule has 0 aromatic heterocycles. The Labute approximate surface area is 225 Å². The van der Waals surface area contributed by atoms with Gasteiger partial charge in [-0.3, -0.25) is 0 Å². The van der Waals surface area contributed by atoms with Gasteiger partial charge in [-0.25, -0.2) is 8.42 Å². The second kappa shape index (κ2) is 10.2. The molecule has 0 bridgehead atoms. The average molecular weight is 531 g/mol. The topological polar surface area (TPSA) is 74.6 Å². The maximum atomic E-state index is 12.8. The number of benzene rings is 1. The number of aliphatic hydroxyl groups excluding tert-OH is 2. The molecule has 4 aliphatic rings. The van der Waals surface area contributed by atoms with Crippen LogP contribution in [0.3, 0.4) is 0 Å². The molecule has 0 aliphatic heterocycles. The van der Waals surface area contributed by atoms with Crippen molar-refractivity contribution in [1.29, 1.82) is 0 Å². The quantitative estimate of drug-likeness (QED) is 0.422. The first-order valence-electron chi connectivity index (χ1n) is 15.2. The van der Waals surface area contributed by atoms with Crippen LogP contribution in [0.2, 0.25) is 0 Å². The predicted octanol–water partition coefficient (Wildman–Crippen LogP) is 6.50. The van der Waals surface area contributed by atoms with Crippen LogP contribution in [0.1, 0.15) is 91.9 Å². The van der Waals surface area contributed by atoms with Crippen LogP contribution in [-0.2, 0) is 9.84 Å². The van der Waals surface area contributed by atoms with Gasteiger partial charge in [0.05, 0.1) is 22.9 Å². The van der Waals surface area contributed by atoms with Gasteiger partial charge in [-0.05, 0) is 122 Å². The molecule has 5 rings (SSSR count). The van der Waals surface area contributed by atoms with E-state index >= 15 is 0 Å². The summed E-state index contributed by atoms with van der Waals surface area (Å²) in [6, 6.07) is 8.86. The van der Waals surface area contributed by atoms with E-state index in [9.17, 15) is 18.6 Å². The summed E-state index contributed by atoms with van der Waals surface area (Å²) in [4.78, 5) is 0.438. The van der Waals surface area contributed by atoms with Crippen LogP contribution in [0.4, 0.5) is 0 Å². The number of hydrogen-bond donors (Lipinski definition) is 2. The van der Waals surface area contributed by atoms with E-state index in [1.54, 1.807) is 24.3 Å². The lowest BCUT2D eigenvalue weighted by Gasteiger charge is -2.64. The molecule has 0 heterocycles. The lowest BCUT2D eigenvalue weighted by Crippen LogP contribution is -2.62.